The Bertz CT molecular complexity index is 400. The van der Waals surface area contributed by atoms with Crippen LogP contribution in [0.5, 0.6) is 0 Å². The fourth-order valence-corrected chi connectivity index (χ4v) is 2.58. The summed E-state index contributed by atoms with van der Waals surface area (Å²) in [7, 11) is 0. The molecule has 0 saturated heterocycles. The number of rotatable bonds is 7. The van der Waals surface area contributed by atoms with E-state index >= 15 is 0 Å². The van der Waals surface area contributed by atoms with Crippen molar-refractivity contribution in [3.63, 3.8) is 0 Å². The molecule has 1 aromatic rings. The van der Waals surface area contributed by atoms with E-state index in [9.17, 15) is 13.6 Å². The molecule has 1 N–H and O–H groups in total. The van der Waals surface area contributed by atoms with Crippen LogP contribution in [0.3, 0.4) is 0 Å². The van der Waals surface area contributed by atoms with Gasteiger partial charge in [-0.2, -0.15) is 0 Å². The Morgan fingerprint density at radius 3 is 2.42 bits per heavy atom. The van der Waals surface area contributed by atoms with Gasteiger partial charge in [0.2, 0.25) is 0 Å². The van der Waals surface area contributed by atoms with Crippen molar-refractivity contribution in [1.82, 2.24) is 5.32 Å². The molecule has 1 aromatic carbocycles. The Morgan fingerprint density at radius 1 is 1.26 bits per heavy atom. The number of hydrogen-bond donors (Lipinski definition) is 1. The Morgan fingerprint density at radius 2 is 1.89 bits per heavy atom. The number of carbonyl (C=O) groups excluding carboxylic acids is 1. The molecule has 1 atom stereocenters. The third-order valence-electron chi connectivity index (χ3n) is 2.89. The second kappa shape index (κ2) is 8.25. The summed E-state index contributed by atoms with van der Waals surface area (Å²) < 4.78 is 26.0. The number of nitrogens with one attached hydrogen (secondary N) is 1. The zero-order valence-electron chi connectivity index (χ0n) is 10.9. The van der Waals surface area contributed by atoms with Crippen molar-refractivity contribution in [2.24, 2.45) is 5.92 Å². The summed E-state index contributed by atoms with van der Waals surface area (Å²) in [5, 5.41) is 3.61. The summed E-state index contributed by atoms with van der Waals surface area (Å²) in [4.78, 5) is 11.8. The van der Waals surface area contributed by atoms with E-state index in [4.69, 9.17) is 0 Å². The largest absolute Gasteiger partial charge is 0.352 e. The van der Waals surface area contributed by atoms with Crippen molar-refractivity contribution in [3.8, 4) is 0 Å². The fraction of sp³-hybridized carbons (Fsp3) is 0.500. The van der Waals surface area contributed by atoms with E-state index in [1.54, 1.807) is 0 Å². The van der Waals surface area contributed by atoms with Crippen molar-refractivity contribution >= 4 is 21.8 Å². The number of hydrogen-bond acceptors (Lipinski definition) is 1. The first kappa shape index (κ1) is 16.1. The van der Waals surface area contributed by atoms with Crippen molar-refractivity contribution in [3.05, 3.63) is 35.4 Å². The molecule has 2 nitrogen and oxygen atoms in total. The molecular weight excluding hydrogens is 316 g/mol. The molecule has 0 bridgehead atoms. The molecule has 0 radical (unpaired) electrons. The van der Waals surface area contributed by atoms with Gasteiger partial charge in [0.05, 0.1) is 0 Å². The minimum absolute atomic E-state index is 0.0200. The van der Waals surface area contributed by atoms with Crippen LogP contribution in [0.1, 0.15) is 36.5 Å². The topological polar surface area (TPSA) is 29.1 Å². The molecule has 0 spiro atoms. The number of carbonyl (C=O) groups is 1. The summed E-state index contributed by atoms with van der Waals surface area (Å²) in [6.45, 7) is 2.61. The average Bonchev–Trinajstić information content (AvgIpc) is 2.35. The van der Waals surface area contributed by atoms with Gasteiger partial charge in [0.25, 0.3) is 5.91 Å². The van der Waals surface area contributed by atoms with Gasteiger partial charge in [-0.15, -0.1) is 0 Å². The minimum Gasteiger partial charge on any atom is -0.352 e. The van der Waals surface area contributed by atoms with Gasteiger partial charge in [0, 0.05) is 23.5 Å². The summed E-state index contributed by atoms with van der Waals surface area (Å²) in [5.41, 5.74) is 0.0200. The smallest absolute Gasteiger partial charge is 0.251 e. The van der Waals surface area contributed by atoms with Gasteiger partial charge in [0.1, 0.15) is 11.6 Å². The number of benzene rings is 1. The highest BCUT2D eigenvalue weighted by atomic mass is 79.9. The van der Waals surface area contributed by atoms with E-state index in [1.807, 2.05) is 0 Å². The molecule has 0 fully saturated rings. The first-order valence-electron chi connectivity index (χ1n) is 6.37. The highest BCUT2D eigenvalue weighted by Gasteiger charge is 2.12. The quantitative estimate of drug-likeness (QED) is 0.753. The highest BCUT2D eigenvalue weighted by Crippen LogP contribution is 2.12. The second-order valence-electron chi connectivity index (χ2n) is 4.50. The summed E-state index contributed by atoms with van der Waals surface area (Å²) in [6.07, 6.45) is 3.02. The Balaban J connectivity index is 2.58. The van der Waals surface area contributed by atoms with Gasteiger partial charge in [-0.25, -0.2) is 8.78 Å². The van der Waals surface area contributed by atoms with Gasteiger partial charge in [-0.05, 0) is 30.9 Å². The van der Waals surface area contributed by atoms with Crippen molar-refractivity contribution < 1.29 is 13.6 Å². The molecule has 1 amide bonds. The van der Waals surface area contributed by atoms with Crippen LogP contribution in [0.15, 0.2) is 18.2 Å². The van der Waals surface area contributed by atoms with Gasteiger partial charge in [0.15, 0.2) is 0 Å². The molecule has 0 heterocycles. The lowest BCUT2D eigenvalue weighted by atomic mass is 10.0. The molecular formula is C14H18BrF2NO. The van der Waals surface area contributed by atoms with Crippen LogP contribution in [-0.2, 0) is 0 Å². The Hall–Kier alpha value is -0.970. The third kappa shape index (κ3) is 5.68. The van der Waals surface area contributed by atoms with Crippen LogP contribution in [0, 0.1) is 17.6 Å². The van der Waals surface area contributed by atoms with E-state index in [0.29, 0.717) is 12.5 Å². The molecule has 0 aliphatic carbocycles. The van der Waals surface area contributed by atoms with E-state index in [0.717, 1.165) is 42.8 Å². The lowest BCUT2D eigenvalue weighted by Gasteiger charge is -2.15. The number of amides is 1. The number of alkyl halides is 1. The van der Waals surface area contributed by atoms with Crippen LogP contribution in [0.25, 0.3) is 0 Å². The number of halogens is 3. The van der Waals surface area contributed by atoms with E-state index in [-0.39, 0.29) is 5.56 Å². The van der Waals surface area contributed by atoms with Crippen LogP contribution in [0.4, 0.5) is 8.78 Å². The summed E-state index contributed by atoms with van der Waals surface area (Å²) >= 11 is 3.38. The lowest BCUT2D eigenvalue weighted by Crippen LogP contribution is -2.29. The Kier molecular flexibility index (Phi) is 6.99. The predicted molar refractivity (Wildman–Crippen MR) is 75.5 cm³/mol. The van der Waals surface area contributed by atoms with E-state index in [1.165, 1.54) is 0 Å². The first-order chi connectivity index (χ1) is 9.06. The maximum atomic E-state index is 13.0. The first-order valence-corrected chi connectivity index (χ1v) is 7.49. The normalized spacial score (nSPS) is 12.2. The van der Waals surface area contributed by atoms with Crippen molar-refractivity contribution in [2.75, 3.05) is 11.9 Å². The maximum absolute atomic E-state index is 13.0. The maximum Gasteiger partial charge on any atom is 0.251 e. The van der Waals surface area contributed by atoms with Gasteiger partial charge < -0.3 is 5.32 Å². The van der Waals surface area contributed by atoms with Crippen LogP contribution < -0.4 is 5.32 Å². The van der Waals surface area contributed by atoms with Crippen LogP contribution >= 0.6 is 15.9 Å². The molecule has 19 heavy (non-hydrogen) atoms. The predicted octanol–water partition coefficient (Wildman–Crippen LogP) is 3.90. The molecule has 1 rings (SSSR count). The van der Waals surface area contributed by atoms with Crippen molar-refractivity contribution in [2.45, 2.75) is 26.2 Å². The second-order valence-corrected chi connectivity index (χ2v) is 5.29. The molecule has 106 valence electrons. The highest BCUT2D eigenvalue weighted by molar-refractivity contribution is 9.09. The molecule has 5 heteroatoms. The van der Waals surface area contributed by atoms with Crippen LogP contribution in [-0.4, -0.2) is 17.8 Å². The average molecular weight is 334 g/mol. The molecule has 0 saturated carbocycles. The molecule has 0 aromatic heterocycles. The van der Waals surface area contributed by atoms with E-state index in [2.05, 4.69) is 28.2 Å². The fourth-order valence-electron chi connectivity index (χ4n) is 1.94. The molecule has 0 aliphatic heterocycles. The monoisotopic (exact) mass is 333 g/mol. The van der Waals surface area contributed by atoms with Gasteiger partial charge in [-0.1, -0.05) is 29.3 Å². The Labute approximate surface area is 120 Å². The van der Waals surface area contributed by atoms with Crippen LogP contribution in [0.2, 0.25) is 0 Å². The standard InChI is InChI=1S/C14H18BrF2NO/c1-2-3-10(4-5-15)9-18-14(19)11-6-12(16)8-13(17)7-11/h6-8,10H,2-5,9H2,1H3,(H,18,19). The minimum atomic E-state index is -0.740. The van der Waals surface area contributed by atoms with Gasteiger partial charge >= 0.3 is 0 Å². The third-order valence-corrected chi connectivity index (χ3v) is 3.35. The summed E-state index contributed by atoms with van der Waals surface area (Å²) in [5.74, 6) is -1.53. The molecule has 1 unspecified atom stereocenters. The van der Waals surface area contributed by atoms with Crippen molar-refractivity contribution in [1.29, 1.82) is 0 Å². The zero-order valence-corrected chi connectivity index (χ0v) is 12.5. The molecule has 0 aliphatic rings. The zero-order chi connectivity index (χ0) is 14.3. The SMILES string of the molecule is CCCC(CCBr)CNC(=O)c1cc(F)cc(F)c1. The van der Waals surface area contributed by atoms with E-state index < -0.39 is 17.5 Å². The lowest BCUT2D eigenvalue weighted by molar-refractivity contribution is 0.0945. The van der Waals surface area contributed by atoms with Gasteiger partial charge in [-0.3, -0.25) is 4.79 Å². The summed E-state index contributed by atoms with van der Waals surface area (Å²) in [6, 6.07) is 2.83.